The zero-order chi connectivity index (χ0) is 19.4. The Morgan fingerprint density at radius 2 is 1.63 bits per heavy atom. The molecular weight excluding hydrogens is 368 g/mol. The van der Waals surface area contributed by atoms with Gasteiger partial charge in [-0.05, 0) is 49.2 Å². The molecule has 0 aliphatic carbocycles. The van der Waals surface area contributed by atoms with Crippen LogP contribution in [0.5, 0.6) is 11.5 Å². The van der Waals surface area contributed by atoms with Gasteiger partial charge in [0, 0.05) is 12.2 Å². The first-order valence-electron chi connectivity index (χ1n) is 8.59. The Hall–Kier alpha value is -2.74. The quantitative estimate of drug-likeness (QED) is 0.849. The van der Waals surface area contributed by atoms with Crippen LogP contribution < -0.4 is 19.1 Å². The van der Waals surface area contributed by atoms with Gasteiger partial charge >= 0.3 is 0 Å². The molecule has 1 fully saturated rings. The number of methoxy groups -OCH3 is 2. The topological polar surface area (TPSA) is 84.9 Å². The number of anilines is 2. The van der Waals surface area contributed by atoms with E-state index in [4.69, 9.17) is 9.47 Å². The van der Waals surface area contributed by atoms with E-state index in [-0.39, 0.29) is 11.7 Å². The predicted octanol–water partition coefficient (Wildman–Crippen LogP) is 2.89. The first-order chi connectivity index (χ1) is 13.0. The summed E-state index contributed by atoms with van der Waals surface area (Å²) in [5.74, 6) is 0.604. The molecule has 0 unspecified atom stereocenters. The van der Waals surface area contributed by atoms with Crippen LogP contribution in [0.3, 0.4) is 0 Å². The highest BCUT2D eigenvalue weighted by atomic mass is 32.2. The molecule has 0 aromatic heterocycles. The lowest BCUT2D eigenvalue weighted by Gasteiger charge is -2.28. The Morgan fingerprint density at radius 3 is 2.19 bits per heavy atom. The van der Waals surface area contributed by atoms with Gasteiger partial charge in [0.1, 0.15) is 17.1 Å². The summed E-state index contributed by atoms with van der Waals surface area (Å²) < 4.78 is 36.3. The summed E-state index contributed by atoms with van der Waals surface area (Å²) in [7, 11) is -0.290. The van der Waals surface area contributed by atoms with Crippen molar-refractivity contribution in [3.8, 4) is 11.5 Å². The van der Waals surface area contributed by atoms with Gasteiger partial charge in [-0.3, -0.25) is 9.10 Å². The van der Waals surface area contributed by atoms with Crippen molar-refractivity contribution in [2.75, 3.05) is 36.1 Å². The fourth-order valence-electron chi connectivity index (χ4n) is 3.06. The normalized spacial score (nSPS) is 15.9. The van der Waals surface area contributed by atoms with Crippen LogP contribution >= 0.6 is 0 Å². The van der Waals surface area contributed by atoms with Crippen LogP contribution in [0.15, 0.2) is 42.5 Å². The Kier molecular flexibility index (Phi) is 5.55. The summed E-state index contributed by atoms with van der Waals surface area (Å²) in [6, 6.07) is 11.8. The van der Waals surface area contributed by atoms with Crippen molar-refractivity contribution in [1.29, 1.82) is 0 Å². The molecule has 3 rings (SSSR count). The highest BCUT2D eigenvalue weighted by Crippen LogP contribution is 2.30. The van der Waals surface area contributed by atoms with Crippen LogP contribution in [-0.4, -0.2) is 40.8 Å². The molecule has 8 heteroatoms. The molecule has 1 saturated heterocycles. The predicted molar refractivity (Wildman–Crippen MR) is 104 cm³/mol. The summed E-state index contributed by atoms with van der Waals surface area (Å²) in [4.78, 5) is 12.7. The van der Waals surface area contributed by atoms with Gasteiger partial charge in [0.05, 0.1) is 25.7 Å². The molecule has 0 bridgehead atoms. The van der Waals surface area contributed by atoms with E-state index < -0.39 is 10.0 Å². The maximum atomic E-state index is 12.7. The molecule has 1 aliphatic rings. The molecule has 1 N–H and O–H groups in total. The molecule has 0 saturated carbocycles. The largest absolute Gasteiger partial charge is 0.496 e. The van der Waals surface area contributed by atoms with Crippen molar-refractivity contribution in [3.63, 3.8) is 0 Å². The van der Waals surface area contributed by atoms with E-state index in [0.717, 1.165) is 6.42 Å². The summed E-state index contributed by atoms with van der Waals surface area (Å²) in [6.07, 6.45) is 1.53. The number of nitrogens with zero attached hydrogens (tertiary/aromatic N) is 1. The first kappa shape index (κ1) is 19.0. The Balaban J connectivity index is 1.80. The maximum Gasteiger partial charge on any atom is 0.263 e. The maximum absolute atomic E-state index is 12.7. The van der Waals surface area contributed by atoms with Crippen LogP contribution in [0.25, 0.3) is 0 Å². The number of ether oxygens (including phenoxy) is 2. The lowest BCUT2D eigenvalue weighted by Crippen LogP contribution is -2.37. The SMILES string of the molecule is COc1cccc(OC)c1C(=O)Nc1ccc(N2CCCCS2(=O)=O)cc1. The van der Waals surface area contributed by atoms with Gasteiger partial charge in [-0.1, -0.05) is 6.07 Å². The number of amides is 1. The smallest absolute Gasteiger partial charge is 0.263 e. The molecular formula is C19H22N2O5S. The van der Waals surface area contributed by atoms with Gasteiger partial charge in [0.25, 0.3) is 5.91 Å². The number of nitrogens with one attached hydrogen (secondary N) is 1. The van der Waals surface area contributed by atoms with Crippen molar-refractivity contribution in [2.45, 2.75) is 12.8 Å². The van der Waals surface area contributed by atoms with Crippen molar-refractivity contribution in [1.82, 2.24) is 0 Å². The number of hydrogen-bond donors (Lipinski definition) is 1. The van der Waals surface area contributed by atoms with Crippen molar-refractivity contribution < 1.29 is 22.7 Å². The number of hydrogen-bond acceptors (Lipinski definition) is 5. The fourth-order valence-corrected chi connectivity index (χ4v) is 4.70. The molecule has 1 aliphatic heterocycles. The molecule has 0 radical (unpaired) electrons. The molecule has 0 spiro atoms. The van der Waals surface area contributed by atoms with Crippen LogP contribution in [0.1, 0.15) is 23.2 Å². The Morgan fingerprint density at radius 1 is 1.00 bits per heavy atom. The molecule has 1 heterocycles. The lowest BCUT2D eigenvalue weighted by atomic mass is 10.1. The van der Waals surface area contributed by atoms with Crippen molar-refractivity contribution in [2.24, 2.45) is 0 Å². The third-order valence-electron chi connectivity index (χ3n) is 4.42. The van der Waals surface area contributed by atoms with E-state index in [1.807, 2.05) is 0 Å². The Bertz CT molecular complexity index is 903. The van der Waals surface area contributed by atoms with Crippen LogP contribution in [-0.2, 0) is 10.0 Å². The lowest BCUT2D eigenvalue weighted by molar-refractivity contribution is 0.102. The van der Waals surface area contributed by atoms with E-state index in [0.29, 0.717) is 41.4 Å². The molecule has 144 valence electrons. The van der Waals surface area contributed by atoms with Crippen LogP contribution in [0, 0.1) is 0 Å². The molecule has 2 aromatic carbocycles. The number of benzene rings is 2. The molecule has 1 amide bonds. The zero-order valence-electron chi connectivity index (χ0n) is 15.3. The zero-order valence-corrected chi connectivity index (χ0v) is 16.1. The third kappa shape index (κ3) is 4.00. The summed E-state index contributed by atoms with van der Waals surface area (Å²) in [5.41, 5.74) is 1.44. The second-order valence-corrected chi connectivity index (χ2v) is 8.15. The summed E-state index contributed by atoms with van der Waals surface area (Å²) >= 11 is 0. The van der Waals surface area contributed by atoms with Crippen molar-refractivity contribution >= 4 is 27.3 Å². The van der Waals surface area contributed by atoms with Gasteiger partial charge in [-0.2, -0.15) is 0 Å². The van der Waals surface area contributed by atoms with E-state index >= 15 is 0 Å². The van der Waals surface area contributed by atoms with Gasteiger partial charge in [0.15, 0.2) is 0 Å². The van der Waals surface area contributed by atoms with Gasteiger partial charge in [-0.25, -0.2) is 8.42 Å². The minimum atomic E-state index is -3.26. The van der Waals surface area contributed by atoms with E-state index in [9.17, 15) is 13.2 Å². The van der Waals surface area contributed by atoms with Crippen LogP contribution in [0.2, 0.25) is 0 Å². The minimum Gasteiger partial charge on any atom is -0.496 e. The third-order valence-corrected chi connectivity index (χ3v) is 6.29. The van der Waals surface area contributed by atoms with Crippen LogP contribution in [0.4, 0.5) is 11.4 Å². The average molecular weight is 390 g/mol. The molecule has 0 atom stereocenters. The second kappa shape index (κ2) is 7.87. The second-order valence-electron chi connectivity index (χ2n) is 6.13. The number of rotatable bonds is 5. The molecule has 7 nitrogen and oxygen atoms in total. The van der Waals surface area contributed by atoms with Gasteiger partial charge in [0.2, 0.25) is 10.0 Å². The Labute approximate surface area is 158 Å². The number of carbonyl (C=O) groups is 1. The minimum absolute atomic E-state index is 0.166. The molecule has 27 heavy (non-hydrogen) atoms. The summed E-state index contributed by atoms with van der Waals surface area (Å²) in [6.45, 7) is 0.479. The fraction of sp³-hybridized carbons (Fsp3) is 0.316. The number of carbonyl (C=O) groups excluding carboxylic acids is 1. The highest BCUT2D eigenvalue weighted by Gasteiger charge is 2.26. The van der Waals surface area contributed by atoms with E-state index in [1.165, 1.54) is 18.5 Å². The molecule has 2 aromatic rings. The average Bonchev–Trinajstić information content (AvgIpc) is 2.67. The van der Waals surface area contributed by atoms with Gasteiger partial charge in [-0.15, -0.1) is 0 Å². The van der Waals surface area contributed by atoms with E-state index in [1.54, 1.807) is 42.5 Å². The standard InChI is InChI=1S/C19H22N2O5S/c1-25-16-6-5-7-17(26-2)18(16)19(22)20-14-8-10-15(11-9-14)21-12-3-4-13-27(21,23)24/h5-11H,3-4,12-13H2,1-2H3,(H,20,22). The van der Waals surface area contributed by atoms with Crippen molar-refractivity contribution in [3.05, 3.63) is 48.0 Å². The monoisotopic (exact) mass is 390 g/mol. The highest BCUT2D eigenvalue weighted by molar-refractivity contribution is 7.92. The van der Waals surface area contributed by atoms with Gasteiger partial charge < -0.3 is 14.8 Å². The summed E-state index contributed by atoms with van der Waals surface area (Å²) in [5, 5.41) is 2.79. The number of sulfonamides is 1. The van der Waals surface area contributed by atoms with E-state index in [2.05, 4.69) is 5.32 Å². The first-order valence-corrected chi connectivity index (χ1v) is 10.2.